The standard InChI is InChI=1S/C18H18N2O5/c21-14-5-4-13(17(22)19-14)20-7-12-11(18(20)23)6-10(9-2-1-3-9)15-16(12)25-8-24-15/h6,9,13H,1-5,7-8H2,(H,19,21,22). The van der Waals surface area contributed by atoms with Crippen LogP contribution in [0.5, 0.6) is 11.5 Å². The average molecular weight is 342 g/mol. The van der Waals surface area contributed by atoms with Crippen LogP contribution in [0.25, 0.3) is 0 Å². The summed E-state index contributed by atoms with van der Waals surface area (Å²) < 4.78 is 11.4. The molecule has 1 unspecified atom stereocenters. The van der Waals surface area contributed by atoms with Crippen molar-refractivity contribution in [1.29, 1.82) is 0 Å². The first kappa shape index (κ1) is 14.7. The van der Waals surface area contributed by atoms with E-state index in [4.69, 9.17) is 9.47 Å². The number of nitrogens with one attached hydrogen (secondary N) is 1. The van der Waals surface area contributed by atoms with Crippen LogP contribution in [-0.2, 0) is 16.1 Å². The number of piperidine rings is 1. The largest absolute Gasteiger partial charge is 0.453 e. The van der Waals surface area contributed by atoms with E-state index in [0.717, 1.165) is 29.7 Å². The number of carbonyl (C=O) groups is 3. The van der Waals surface area contributed by atoms with Crippen molar-refractivity contribution in [1.82, 2.24) is 10.2 Å². The third-order valence-corrected chi connectivity index (χ3v) is 5.73. The molecule has 1 N–H and O–H groups in total. The van der Waals surface area contributed by atoms with E-state index in [1.807, 2.05) is 6.07 Å². The minimum atomic E-state index is -0.609. The predicted molar refractivity (Wildman–Crippen MR) is 85.2 cm³/mol. The van der Waals surface area contributed by atoms with Crippen LogP contribution in [0.3, 0.4) is 0 Å². The monoisotopic (exact) mass is 342 g/mol. The van der Waals surface area contributed by atoms with E-state index >= 15 is 0 Å². The highest BCUT2D eigenvalue weighted by atomic mass is 16.7. The summed E-state index contributed by atoms with van der Waals surface area (Å²) in [5.74, 6) is 0.992. The molecule has 1 saturated carbocycles. The van der Waals surface area contributed by atoms with E-state index in [2.05, 4.69) is 5.32 Å². The number of amides is 3. The van der Waals surface area contributed by atoms with E-state index in [0.29, 0.717) is 30.2 Å². The van der Waals surface area contributed by atoms with Crippen LogP contribution in [0.1, 0.15) is 59.5 Å². The topological polar surface area (TPSA) is 84.9 Å². The Morgan fingerprint density at radius 1 is 1.08 bits per heavy atom. The number of rotatable bonds is 2. The normalized spacial score (nSPS) is 25.0. The van der Waals surface area contributed by atoms with E-state index in [1.165, 1.54) is 6.42 Å². The van der Waals surface area contributed by atoms with E-state index < -0.39 is 11.9 Å². The van der Waals surface area contributed by atoms with Gasteiger partial charge in [-0.2, -0.15) is 0 Å². The zero-order chi connectivity index (χ0) is 17.1. The van der Waals surface area contributed by atoms with Gasteiger partial charge in [-0.1, -0.05) is 6.42 Å². The van der Waals surface area contributed by atoms with Crippen LogP contribution < -0.4 is 14.8 Å². The molecule has 1 saturated heterocycles. The summed E-state index contributed by atoms with van der Waals surface area (Å²) in [7, 11) is 0. The maximum Gasteiger partial charge on any atom is 0.255 e. The van der Waals surface area contributed by atoms with Crippen LogP contribution in [0.15, 0.2) is 6.07 Å². The SMILES string of the molecule is O=C1CCC(N2Cc3c(cc(C4CCC4)c4c3OCO4)C2=O)C(=O)N1. The molecular formula is C18H18N2O5. The van der Waals surface area contributed by atoms with Crippen molar-refractivity contribution < 1.29 is 23.9 Å². The summed E-state index contributed by atoms with van der Waals surface area (Å²) in [5, 5.41) is 2.33. The lowest BCUT2D eigenvalue weighted by Gasteiger charge is -2.29. The van der Waals surface area contributed by atoms with Gasteiger partial charge < -0.3 is 14.4 Å². The van der Waals surface area contributed by atoms with Crippen molar-refractivity contribution in [3.8, 4) is 11.5 Å². The molecule has 1 aromatic rings. The minimum Gasteiger partial charge on any atom is -0.453 e. The molecule has 7 heteroatoms. The lowest BCUT2D eigenvalue weighted by atomic mass is 9.78. The van der Waals surface area contributed by atoms with Gasteiger partial charge in [0.1, 0.15) is 6.04 Å². The predicted octanol–water partition coefficient (Wildman–Crippen LogP) is 1.44. The molecule has 3 aliphatic heterocycles. The number of carbonyl (C=O) groups excluding carboxylic acids is 3. The smallest absolute Gasteiger partial charge is 0.255 e. The van der Waals surface area contributed by atoms with Crippen molar-refractivity contribution in [2.45, 2.75) is 50.6 Å². The molecule has 7 nitrogen and oxygen atoms in total. The van der Waals surface area contributed by atoms with Crippen LogP contribution in [0, 0.1) is 0 Å². The second-order valence-corrected chi connectivity index (χ2v) is 7.08. The molecule has 3 amide bonds. The Hall–Kier alpha value is -2.57. The maximum atomic E-state index is 13.0. The Labute approximate surface area is 144 Å². The molecule has 0 aromatic heterocycles. The summed E-state index contributed by atoms with van der Waals surface area (Å²) >= 11 is 0. The molecule has 4 aliphatic rings. The van der Waals surface area contributed by atoms with Gasteiger partial charge in [0, 0.05) is 23.1 Å². The molecule has 5 rings (SSSR count). The second-order valence-electron chi connectivity index (χ2n) is 7.08. The fourth-order valence-electron chi connectivity index (χ4n) is 4.15. The summed E-state index contributed by atoms with van der Waals surface area (Å²) in [4.78, 5) is 38.1. The number of imide groups is 1. The quantitative estimate of drug-likeness (QED) is 0.822. The van der Waals surface area contributed by atoms with E-state index in [9.17, 15) is 14.4 Å². The van der Waals surface area contributed by atoms with Crippen molar-refractivity contribution >= 4 is 17.7 Å². The molecule has 130 valence electrons. The molecule has 0 radical (unpaired) electrons. The highest BCUT2D eigenvalue weighted by molar-refractivity contribution is 6.06. The van der Waals surface area contributed by atoms with Crippen molar-refractivity contribution in [3.63, 3.8) is 0 Å². The van der Waals surface area contributed by atoms with Gasteiger partial charge in [-0.25, -0.2) is 0 Å². The van der Waals surface area contributed by atoms with Crippen LogP contribution in [-0.4, -0.2) is 35.5 Å². The van der Waals surface area contributed by atoms with Crippen LogP contribution >= 0.6 is 0 Å². The summed E-state index contributed by atoms with van der Waals surface area (Å²) in [6.07, 6.45) is 3.99. The number of nitrogens with zero attached hydrogens (tertiary/aromatic N) is 1. The summed E-state index contributed by atoms with van der Waals surface area (Å²) in [6.45, 7) is 0.481. The third-order valence-electron chi connectivity index (χ3n) is 5.73. The first-order chi connectivity index (χ1) is 12.1. The number of hydrogen-bond donors (Lipinski definition) is 1. The highest BCUT2D eigenvalue weighted by Crippen LogP contribution is 2.50. The van der Waals surface area contributed by atoms with Gasteiger partial charge >= 0.3 is 0 Å². The van der Waals surface area contributed by atoms with Gasteiger partial charge in [0.2, 0.25) is 18.6 Å². The minimum absolute atomic E-state index is 0.164. The first-order valence-corrected chi connectivity index (χ1v) is 8.73. The third kappa shape index (κ3) is 2.08. The van der Waals surface area contributed by atoms with Gasteiger partial charge in [-0.15, -0.1) is 0 Å². The Bertz CT molecular complexity index is 814. The van der Waals surface area contributed by atoms with Gasteiger partial charge in [-0.05, 0) is 31.2 Å². The molecule has 0 bridgehead atoms. The Kier molecular flexibility index (Phi) is 3.07. The van der Waals surface area contributed by atoms with Crippen LogP contribution in [0.2, 0.25) is 0 Å². The maximum absolute atomic E-state index is 13.0. The first-order valence-electron chi connectivity index (χ1n) is 8.73. The fourth-order valence-corrected chi connectivity index (χ4v) is 4.15. The lowest BCUT2D eigenvalue weighted by molar-refractivity contribution is -0.136. The molecular weight excluding hydrogens is 324 g/mol. The lowest BCUT2D eigenvalue weighted by Crippen LogP contribution is -2.52. The zero-order valence-corrected chi connectivity index (χ0v) is 13.7. The van der Waals surface area contributed by atoms with Crippen molar-refractivity contribution in [2.24, 2.45) is 0 Å². The van der Waals surface area contributed by atoms with Crippen molar-refractivity contribution in [3.05, 3.63) is 22.8 Å². The Balaban J connectivity index is 1.53. The summed E-state index contributed by atoms with van der Waals surface area (Å²) in [6, 6.07) is 1.32. The Morgan fingerprint density at radius 3 is 2.60 bits per heavy atom. The molecule has 1 atom stereocenters. The van der Waals surface area contributed by atoms with Crippen molar-refractivity contribution in [2.75, 3.05) is 6.79 Å². The molecule has 1 aromatic carbocycles. The Morgan fingerprint density at radius 2 is 1.88 bits per heavy atom. The summed E-state index contributed by atoms with van der Waals surface area (Å²) in [5.41, 5.74) is 2.46. The van der Waals surface area contributed by atoms with Gasteiger partial charge in [0.05, 0.1) is 6.54 Å². The number of fused-ring (bicyclic) bond motifs is 3. The van der Waals surface area contributed by atoms with E-state index in [-0.39, 0.29) is 25.0 Å². The fraction of sp³-hybridized carbons (Fsp3) is 0.500. The second kappa shape index (κ2) is 5.21. The molecule has 0 spiro atoms. The molecule has 3 heterocycles. The van der Waals surface area contributed by atoms with Gasteiger partial charge in [-0.3, -0.25) is 19.7 Å². The number of benzene rings is 1. The van der Waals surface area contributed by atoms with Crippen LogP contribution in [0.4, 0.5) is 0 Å². The zero-order valence-electron chi connectivity index (χ0n) is 13.7. The molecule has 1 aliphatic carbocycles. The van der Waals surface area contributed by atoms with Gasteiger partial charge in [0.15, 0.2) is 11.5 Å². The highest BCUT2D eigenvalue weighted by Gasteiger charge is 2.43. The molecule has 2 fully saturated rings. The van der Waals surface area contributed by atoms with E-state index in [1.54, 1.807) is 4.90 Å². The molecule has 25 heavy (non-hydrogen) atoms. The average Bonchev–Trinajstić information content (AvgIpc) is 3.12. The number of ether oxygens (including phenoxy) is 2. The number of hydrogen-bond acceptors (Lipinski definition) is 5. The van der Waals surface area contributed by atoms with Gasteiger partial charge in [0.25, 0.3) is 5.91 Å².